The molecule has 0 unspecified atom stereocenters. The van der Waals surface area contributed by atoms with Crippen molar-refractivity contribution in [1.82, 2.24) is 8.61 Å². The van der Waals surface area contributed by atoms with Crippen LogP contribution in [0.3, 0.4) is 0 Å². The first-order valence-electron chi connectivity index (χ1n) is 7.00. The molecule has 2 aliphatic rings. The number of alkyl halides is 3. The highest BCUT2D eigenvalue weighted by molar-refractivity contribution is 7.86. The van der Waals surface area contributed by atoms with E-state index in [0.29, 0.717) is 13.1 Å². The van der Waals surface area contributed by atoms with Crippen molar-refractivity contribution >= 4 is 10.2 Å². The highest BCUT2D eigenvalue weighted by Gasteiger charge is 2.59. The monoisotopic (exact) mass is 330 g/mol. The fourth-order valence-corrected chi connectivity index (χ4v) is 5.06. The van der Waals surface area contributed by atoms with Gasteiger partial charge in [-0.25, -0.2) is 0 Å². The normalized spacial score (nSPS) is 37.0. The minimum atomic E-state index is -4.82. The van der Waals surface area contributed by atoms with E-state index < -0.39 is 35.0 Å². The number of nitrogens with zero attached hydrogens (tertiary/aromatic N) is 2. The molecule has 21 heavy (non-hydrogen) atoms. The van der Waals surface area contributed by atoms with Gasteiger partial charge < -0.3 is 5.11 Å². The number of β-amino-alcohol motifs (C(OH)–C–C–N with tert-alkyl or cyclic N) is 1. The van der Waals surface area contributed by atoms with Crippen LogP contribution in [0, 0.1) is 11.8 Å². The number of hydrogen-bond acceptors (Lipinski definition) is 3. The van der Waals surface area contributed by atoms with Crippen LogP contribution >= 0.6 is 0 Å². The summed E-state index contributed by atoms with van der Waals surface area (Å²) in [6, 6.07) is 0. The van der Waals surface area contributed by atoms with Crippen molar-refractivity contribution in [3.63, 3.8) is 0 Å². The Kier molecular flexibility index (Phi) is 4.34. The van der Waals surface area contributed by atoms with E-state index in [1.807, 2.05) is 13.8 Å². The van der Waals surface area contributed by atoms with Gasteiger partial charge in [-0.05, 0) is 18.3 Å². The Morgan fingerprint density at radius 2 is 1.67 bits per heavy atom. The quantitative estimate of drug-likeness (QED) is 0.828. The van der Waals surface area contributed by atoms with E-state index in [2.05, 4.69) is 0 Å². The molecule has 2 saturated heterocycles. The van der Waals surface area contributed by atoms with E-state index in [4.69, 9.17) is 0 Å². The van der Waals surface area contributed by atoms with Gasteiger partial charge in [0, 0.05) is 26.1 Å². The molecule has 0 amide bonds. The third-order valence-electron chi connectivity index (χ3n) is 4.23. The van der Waals surface area contributed by atoms with Crippen LogP contribution in [0.5, 0.6) is 0 Å². The first kappa shape index (κ1) is 17.0. The Balaban J connectivity index is 2.15. The lowest BCUT2D eigenvalue weighted by Crippen LogP contribution is -2.52. The smallest absolute Gasteiger partial charge is 0.379 e. The number of piperidine rings is 1. The Morgan fingerprint density at radius 1 is 1.14 bits per heavy atom. The van der Waals surface area contributed by atoms with E-state index in [1.54, 1.807) is 0 Å². The molecule has 2 rings (SSSR count). The zero-order valence-electron chi connectivity index (χ0n) is 12.1. The Bertz CT molecular complexity index is 486. The van der Waals surface area contributed by atoms with Crippen molar-refractivity contribution < 1.29 is 26.7 Å². The maximum Gasteiger partial charge on any atom is 0.418 e. The van der Waals surface area contributed by atoms with E-state index in [9.17, 15) is 26.7 Å². The standard InChI is InChI=1S/C12H21F3N2O3S/c1-9-5-10(2)7-17(6-9)21(19,20)16-4-3-11(18,8-16)12(13,14)15/h9-10,18H,3-8H2,1-2H3/t9-,10-,11+/m1/s1. The minimum Gasteiger partial charge on any atom is -0.379 e. The molecule has 1 N–H and O–H groups in total. The average molecular weight is 330 g/mol. The molecule has 0 bridgehead atoms. The second kappa shape index (κ2) is 5.36. The topological polar surface area (TPSA) is 60.9 Å². The van der Waals surface area contributed by atoms with Gasteiger partial charge in [0.15, 0.2) is 5.60 Å². The second-order valence-corrected chi connectivity index (χ2v) is 8.31. The van der Waals surface area contributed by atoms with Gasteiger partial charge in [-0.3, -0.25) is 0 Å². The van der Waals surface area contributed by atoms with Crippen LogP contribution in [-0.2, 0) is 10.2 Å². The molecular weight excluding hydrogens is 309 g/mol. The van der Waals surface area contributed by atoms with E-state index in [0.717, 1.165) is 10.7 Å². The summed E-state index contributed by atoms with van der Waals surface area (Å²) in [6.45, 7) is 3.25. The van der Waals surface area contributed by atoms with Gasteiger partial charge >= 0.3 is 6.18 Å². The summed E-state index contributed by atoms with van der Waals surface area (Å²) in [5.41, 5.74) is -2.94. The van der Waals surface area contributed by atoms with Crippen LogP contribution in [0.1, 0.15) is 26.7 Å². The van der Waals surface area contributed by atoms with E-state index >= 15 is 0 Å². The lowest BCUT2D eigenvalue weighted by Gasteiger charge is -2.36. The third kappa shape index (κ3) is 3.20. The van der Waals surface area contributed by atoms with Gasteiger partial charge in [-0.1, -0.05) is 13.8 Å². The molecule has 9 heteroatoms. The Labute approximate surface area is 122 Å². The highest BCUT2D eigenvalue weighted by atomic mass is 32.2. The summed E-state index contributed by atoms with van der Waals surface area (Å²) in [6.07, 6.45) is -4.53. The molecule has 0 aliphatic carbocycles. The summed E-state index contributed by atoms with van der Waals surface area (Å²) in [4.78, 5) is 0. The second-order valence-electron chi connectivity index (χ2n) is 6.38. The fourth-order valence-electron chi connectivity index (χ4n) is 3.15. The SMILES string of the molecule is C[C@@H]1C[C@@H](C)CN(S(=O)(=O)N2CC[C@@](O)(C(F)(F)F)C2)C1. The van der Waals surface area contributed by atoms with Crippen molar-refractivity contribution in [1.29, 1.82) is 0 Å². The van der Waals surface area contributed by atoms with Crippen molar-refractivity contribution in [2.75, 3.05) is 26.2 Å². The Hall–Kier alpha value is -0.380. The molecular formula is C12H21F3N2O3S. The van der Waals surface area contributed by atoms with Crippen molar-refractivity contribution in [3.8, 4) is 0 Å². The van der Waals surface area contributed by atoms with Crippen LogP contribution in [0.2, 0.25) is 0 Å². The summed E-state index contributed by atoms with van der Waals surface area (Å²) in [7, 11) is -3.95. The van der Waals surface area contributed by atoms with E-state index in [1.165, 1.54) is 4.31 Å². The van der Waals surface area contributed by atoms with Crippen molar-refractivity contribution in [3.05, 3.63) is 0 Å². The zero-order chi connectivity index (χ0) is 16.1. The molecule has 2 fully saturated rings. The maximum atomic E-state index is 12.8. The predicted octanol–water partition coefficient (Wildman–Crippen LogP) is 1.21. The Morgan fingerprint density at radius 3 is 2.10 bits per heavy atom. The van der Waals surface area contributed by atoms with Gasteiger partial charge in [-0.2, -0.15) is 30.2 Å². The molecule has 0 radical (unpaired) electrons. The third-order valence-corrected chi connectivity index (χ3v) is 6.14. The number of aliphatic hydroxyl groups is 1. The molecule has 0 saturated carbocycles. The summed E-state index contributed by atoms with van der Waals surface area (Å²) in [5.74, 6) is 0.347. The molecule has 124 valence electrons. The van der Waals surface area contributed by atoms with Crippen LogP contribution in [0.4, 0.5) is 13.2 Å². The van der Waals surface area contributed by atoms with Crippen LogP contribution in [-0.4, -0.2) is 60.1 Å². The molecule has 0 aromatic heterocycles. The van der Waals surface area contributed by atoms with Crippen LogP contribution in [0.25, 0.3) is 0 Å². The van der Waals surface area contributed by atoms with Gasteiger partial charge in [0.05, 0.1) is 6.54 Å². The van der Waals surface area contributed by atoms with Gasteiger partial charge in [0.1, 0.15) is 0 Å². The first-order chi connectivity index (χ1) is 9.46. The number of hydrogen-bond donors (Lipinski definition) is 1. The van der Waals surface area contributed by atoms with Crippen LogP contribution < -0.4 is 0 Å². The summed E-state index contributed by atoms with van der Waals surface area (Å²) < 4.78 is 65.3. The molecule has 5 nitrogen and oxygen atoms in total. The molecule has 2 heterocycles. The van der Waals surface area contributed by atoms with E-state index in [-0.39, 0.29) is 18.4 Å². The van der Waals surface area contributed by atoms with Gasteiger partial charge in [-0.15, -0.1) is 0 Å². The highest BCUT2D eigenvalue weighted by Crippen LogP contribution is 2.39. The molecule has 2 aliphatic heterocycles. The van der Waals surface area contributed by atoms with Crippen molar-refractivity contribution in [2.24, 2.45) is 11.8 Å². The predicted molar refractivity (Wildman–Crippen MR) is 70.6 cm³/mol. The zero-order valence-corrected chi connectivity index (χ0v) is 12.9. The maximum absolute atomic E-state index is 12.8. The molecule has 0 aromatic rings. The molecule has 0 spiro atoms. The van der Waals surface area contributed by atoms with Gasteiger partial charge in [0.2, 0.25) is 0 Å². The summed E-state index contributed by atoms with van der Waals surface area (Å²) in [5, 5.41) is 9.61. The lowest BCUT2D eigenvalue weighted by molar-refractivity contribution is -0.252. The van der Waals surface area contributed by atoms with Gasteiger partial charge in [0.25, 0.3) is 10.2 Å². The largest absolute Gasteiger partial charge is 0.418 e. The fraction of sp³-hybridized carbons (Fsp3) is 1.00. The number of rotatable bonds is 2. The molecule has 0 aromatic carbocycles. The van der Waals surface area contributed by atoms with Crippen LogP contribution in [0.15, 0.2) is 0 Å². The lowest BCUT2D eigenvalue weighted by atomic mass is 9.94. The first-order valence-corrected chi connectivity index (χ1v) is 8.40. The number of halogens is 3. The minimum absolute atomic E-state index is 0.174. The van der Waals surface area contributed by atoms with Crippen molar-refractivity contribution in [2.45, 2.75) is 38.5 Å². The summed E-state index contributed by atoms with van der Waals surface area (Å²) >= 11 is 0. The average Bonchev–Trinajstić information content (AvgIpc) is 2.72. The molecule has 3 atom stereocenters.